The molecule has 0 fully saturated rings. The zero-order valence-electron chi connectivity index (χ0n) is 18.3. The number of aromatic nitrogens is 2. The van der Waals surface area contributed by atoms with Crippen LogP contribution in [0.25, 0.3) is 11.3 Å². The number of hydrogen-bond donors (Lipinski definition) is 2. The highest BCUT2D eigenvalue weighted by atomic mass is 19.1. The smallest absolute Gasteiger partial charge is 0.267 e. The van der Waals surface area contributed by atoms with Crippen LogP contribution in [0.4, 0.5) is 15.8 Å². The van der Waals surface area contributed by atoms with Gasteiger partial charge >= 0.3 is 0 Å². The van der Waals surface area contributed by atoms with Crippen molar-refractivity contribution in [1.29, 1.82) is 0 Å². The molecule has 2 N–H and O–H groups in total. The second kappa shape index (κ2) is 9.55. The quantitative estimate of drug-likeness (QED) is 0.607. The predicted octanol–water partition coefficient (Wildman–Crippen LogP) is 4.15. The molecule has 0 saturated carbocycles. The fourth-order valence-electron chi connectivity index (χ4n) is 2.97. The van der Waals surface area contributed by atoms with Gasteiger partial charge in [-0.1, -0.05) is 32.0 Å². The summed E-state index contributed by atoms with van der Waals surface area (Å²) in [7, 11) is 0. The summed E-state index contributed by atoms with van der Waals surface area (Å²) >= 11 is 0. The molecule has 0 radical (unpaired) electrons. The number of anilines is 2. The molecule has 3 rings (SSSR count). The number of nitrogens with one attached hydrogen (secondary N) is 2. The van der Waals surface area contributed by atoms with E-state index in [2.05, 4.69) is 15.7 Å². The molecule has 1 atom stereocenters. The van der Waals surface area contributed by atoms with Crippen LogP contribution in [0.5, 0.6) is 0 Å². The minimum absolute atomic E-state index is 0.106. The molecule has 8 heteroatoms. The van der Waals surface area contributed by atoms with Gasteiger partial charge in [0.2, 0.25) is 11.8 Å². The van der Waals surface area contributed by atoms with E-state index in [1.807, 2.05) is 32.9 Å². The zero-order valence-corrected chi connectivity index (χ0v) is 18.3. The van der Waals surface area contributed by atoms with E-state index in [4.69, 9.17) is 0 Å². The summed E-state index contributed by atoms with van der Waals surface area (Å²) in [5.74, 6) is -1.26. The van der Waals surface area contributed by atoms with Crippen LogP contribution >= 0.6 is 0 Å². The second-order valence-corrected chi connectivity index (χ2v) is 7.85. The minimum Gasteiger partial charge on any atom is -0.326 e. The zero-order chi connectivity index (χ0) is 23.4. The number of amides is 2. The molecule has 0 aliphatic carbocycles. The van der Waals surface area contributed by atoms with E-state index in [0.717, 1.165) is 10.2 Å². The Morgan fingerprint density at radius 3 is 2.41 bits per heavy atom. The van der Waals surface area contributed by atoms with Crippen LogP contribution in [-0.2, 0) is 9.59 Å². The summed E-state index contributed by atoms with van der Waals surface area (Å²) in [6.07, 6.45) is 0. The van der Waals surface area contributed by atoms with Crippen LogP contribution in [0.1, 0.15) is 32.4 Å². The van der Waals surface area contributed by atoms with Gasteiger partial charge in [0.05, 0.1) is 5.69 Å². The molecular formula is C24H25FN4O3. The van der Waals surface area contributed by atoms with Gasteiger partial charge in [-0.2, -0.15) is 5.10 Å². The van der Waals surface area contributed by atoms with Crippen molar-refractivity contribution >= 4 is 23.2 Å². The van der Waals surface area contributed by atoms with E-state index in [1.54, 1.807) is 18.2 Å². The first-order valence-corrected chi connectivity index (χ1v) is 10.2. The summed E-state index contributed by atoms with van der Waals surface area (Å²) in [6.45, 7) is 7.04. The highest BCUT2D eigenvalue weighted by Gasteiger charge is 2.19. The number of aryl methyl sites for hydroxylation is 1. The third-order valence-electron chi connectivity index (χ3n) is 4.98. The maximum Gasteiger partial charge on any atom is 0.267 e. The van der Waals surface area contributed by atoms with E-state index in [0.29, 0.717) is 16.9 Å². The van der Waals surface area contributed by atoms with Crippen molar-refractivity contribution < 1.29 is 14.0 Å². The van der Waals surface area contributed by atoms with Gasteiger partial charge in [-0.05, 0) is 49.7 Å². The molecule has 7 nitrogen and oxygen atoms in total. The Hall–Kier alpha value is -3.81. The molecule has 0 aliphatic rings. The monoisotopic (exact) mass is 436 g/mol. The van der Waals surface area contributed by atoms with E-state index in [1.165, 1.54) is 31.2 Å². The number of halogens is 1. The molecule has 0 bridgehead atoms. The molecule has 0 saturated heterocycles. The SMILES string of the molecule is Cc1ccc(-c2ccc(=O)n(C(C)C(=O)Nc3cccc(F)c3)n2)cc1NC(=O)C(C)C. The summed E-state index contributed by atoms with van der Waals surface area (Å²) in [5.41, 5.74) is 2.53. The van der Waals surface area contributed by atoms with E-state index >= 15 is 0 Å². The first-order valence-electron chi connectivity index (χ1n) is 10.2. The average molecular weight is 436 g/mol. The lowest BCUT2D eigenvalue weighted by Gasteiger charge is -2.16. The van der Waals surface area contributed by atoms with Gasteiger partial charge in [-0.25, -0.2) is 9.07 Å². The number of rotatable bonds is 6. The number of hydrogen-bond acceptors (Lipinski definition) is 4. The lowest BCUT2D eigenvalue weighted by atomic mass is 10.1. The molecule has 166 valence electrons. The largest absolute Gasteiger partial charge is 0.326 e. The van der Waals surface area contributed by atoms with Gasteiger partial charge in [0, 0.05) is 28.9 Å². The first kappa shape index (κ1) is 22.9. The Balaban J connectivity index is 1.89. The number of carbonyl (C=O) groups excluding carboxylic acids is 2. The number of benzene rings is 2. The standard InChI is InChI=1S/C24H25FN4O3/c1-14(2)23(31)27-21-12-17(9-8-15(21)3)20-10-11-22(30)29(28-20)16(4)24(32)26-19-7-5-6-18(25)13-19/h5-14,16H,1-4H3,(H,26,32)(H,27,31). The molecule has 32 heavy (non-hydrogen) atoms. The van der Waals surface area contributed by atoms with Crippen LogP contribution in [0, 0.1) is 18.7 Å². The van der Waals surface area contributed by atoms with E-state index < -0.39 is 23.3 Å². The molecule has 1 unspecified atom stereocenters. The molecule has 1 heterocycles. The maximum atomic E-state index is 13.4. The fourth-order valence-corrected chi connectivity index (χ4v) is 2.97. The first-order chi connectivity index (χ1) is 15.2. The number of carbonyl (C=O) groups is 2. The fraction of sp³-hybridized carbons (Fsp3) is 0.250. The Kier molecular flexibility index (Phi) is 6.82. The maximum absolute atomic E-state index is 13.4. The highest BCUT2D eigenvalue weighted by molar-refractivity contribution is 5.94. The van der Waals surface area contributed by atoms with Crippen molar-refractivity contribution in [2.45, 2.75) is 33.7 Å². The Bertz CT molecular complexity index is 1220. The molecule has 3 aromatic rings. The van der Waals surface area contributed by atoms with Crippen molar-refractivity contribution in [3.05, 3.63) is 76.3 Å². The molecular weight excluding hydrogens is 411 g/mol. The Labute approximate surface area is 185 Å². The lowest BCUT2D eigenvalue weighted by molar-refractivity contribution is -0.119. The summed E-state index contributed by atoms with van der Waals surface area (Å²) in [4.78, 5) is 37.1. The van der Waals surface area contributed by atoms with E-state index in [9.17, 15) is 18.8 Å². The van der Waals surface area contributed by atoms with Crippen molar-refractivity contribution in [2.24, 2.45) is 5.92 Å². The van der Waals surface area contributed by atoms with Crippen LogP contribution in [0.15, 0.2) is 59.4 Å². The summed E-state index contributed by atoms with van der Waals surface area (Å²) in [6, 6.07) is 12.9. The lowest BCUT2D eigenvalue weighted by Crippen LogP contribution is -2.33. The third-order valence-corrected chi connectivity index (χ3v) is 4.98. The van der Waals surface area contributed by atoms with E-state index in [-0.39, 0.29) is 17.5 Å². The third kappa shape index (κ3) is 5.26. The van der Waals surface area contributed by atoms with Crippen molar-refractivity contribution in [3.8, 4) is 11.3 Å². The van der Waals surface area contributed by atoms with Crippen molar-refractivity contribution in [3.63, 3.8) is 0 Å². The Morgan fingerprint density at radius 1 is 0.969 bits per heavy atom. The molecule has 0 aliphatic heterocycles. The van der Waals surface area contributed by atoms with Gasteiger partial charge in [-0.3, -0.25) is 14.4 Å². The van der Waals surface area contributed by atoms with Crippen LogP contribution in [0.2, 0.25) is 0 Å². The molecule has 2 aromatic carbocycles. The molecule has 1 aromatic heterocycles. The summed E-state index contributed by atoms with van der Waals surface area (Å²) in [5, 5.41) is 9.84. The minimum atomic E-state index is -0.934. The molecule has 0 spiro atoms. The summed E-state index contributed by atoms with van der Waals surface area (Å²) < 4.78 is 14.5. The van der Waals surface area contributed by atoms with Crippen LogP contribution < -0.4 is 16.2 Å². The average Bonchev–Trinajstić information content (AvgIpc) is 2.75. The second-order valence-electron chi connectivity index (χ2n) is 7.85. The van der Waals surface area contributed by atoms with Gasteiger partial charge in [-0.15, -0.1) is 0 Å². The number of nitrogens with zero attached hydrogens (tertiary/aromatic N) is 2. The van der Waals surface area contributed by atoms with Gasteiger partial charge < -0.3 is 10.6 Å². The van der Waals surface area contributed by atoms with Crippen molar-refractivity contribution in [1.82, 2.24) is 9.78 Å². The van der Waals surface area contributed by atoms with Crippen LogP contribution in [0.3, 0.4) is 0 Å². The van der Waals surface area contributed by atoms with Gasteiger partial charge in [0.1, 0.15) is 11.9 Å². The highest BCUT2D eigenvalue weighted by Crippen LogP contribution is 2.24. The molecule has 2 amide bonds. The van der Waals surface area contributed by atoms with Gasteiger partial charge in [0.25, 0.3) is 5.56 Å². The topological polar surface area (TPSA) is 93.1 Å². The normalized spacial score (nSPS) is 11.8. The van der Waals surface area contributed by atoms with Crippen LogP contribution in [-0.4, -0.2) is 21.6 Å². The predicted molar refractivity (Wildman–Crippen MR) is 122 cm³/mol. The Morgan fingerprint density at radius 2 is 1.72 bits per heavy atom. The van der Waals surface area contributed by atoms with Crippen molar-refractivity contribution in [2.75, 3.05) is 10.6 Å². The van der Waals surface area contributed by atoms with Gasteiger partial charge in [0.15, 0.2) is 0 Å².